The first-order valence-corrected chi connectivity index (χ1v) is 5.68. The second-order valence-electron chi connectivity index (χ2n) is 4.54. The van der Waals surface area contributed by atoms with Crippen LogP contribution in [0.5, 0.6) is 5.75 Å². The van der Waals surface area contributed by atoms with Gasteiger partial charge in [-0.25, -0.2) is 0 Å². The van der Waals surface area contributed by atoms with Crippen LogP contribution in [0.2, 0.25) is 0 Å². The molecule has 2 aromatic rings. The van der Waals surface area contributed by atoms with Crippen molar-refractivity contribution in [3.63, 3.8) is 0 Å². The molecule has 0 amide bonds. The number of ether oxygens (including phenoxy) is 1. The summed E-state index contributed by atoms with van der Waals surface area (Å²) >= 11 is 0. The lowest BCUT2D eigenvalue weighted by Crippen LogP contribution is -2.30. The summed E-state index contributed by atoms with van der Waals surface area (Å²) in [5.41, 5.74) is 7.34. The lowest BCUT2D eigenvalue weighted by molar-refractivity contribution is 0.0437. The Balaban J connectivity index is 2.01. The van der Waals surface area contributed by atoms with Crippen LogP contribution in [0.15, 0.2) is 18.3 Å². The largest absolute Gasteiger partial charge is 0.495 e. The van der Waals surface area contributed by atoms with Gasteiger partial charge in [0.1, 0.15) is 5.75 Å². The Bertz CT molecular complexity index is 558. The molecule has 0 unspecified atom stereocenters. The maximum Gasteiger partial charge on any atom is 0.144 e. The molecule has 0 saturated heterocycles. The minimum absolute atomic E-state index is 0.174. The van der Waals surface area contributed by atoms with Crippen molar-refractivity contribution in [3.8, 4) is 5.75 Å². The molecule has 1 aromatic heterocycles. The van der Waals surface area contributed by atoms with Crippen LogP contribution in [0, 0.1) is 0 Å². The summed E-state index contributed by atoms with van der Waals surface area (Å²) in [6.45, 7) is 0. The van der Waals surface area contributed by atoms with Crippen LogP contribution in [-0.2, 0) is 0 Å². The van der Waals surface area contributed by atoms with Crippen molar-refractivity contribution < 1.29 is 9.84 Å². The number of fused-ring (bicyclic) bond motifs is 1. The minimum Gasteiger partial charge on any atom is -0.495 e. The number of rotatable bonds is 2. The second kappa shape index (κ2) is 3.63. The van der Waals surface area contributed by atoms with E-state index in [2.05, 4.69) is 5.10 Å². The maximum atomic E-state index is 9.30. The fourth-order valence-corrected chi connectivity index (χ4v) is 2.23. The number of nitrogens with two attached hydrogens (primary N) is 1. The molecule has 1 heterocycles. The summed E-state index contributed by atoms with van der Waals surface area (Å²) < 4.78 is 7.08. The lowest BCUT2D eigenvalue weighted by Gasteiger charge is -2.31. The molecule has 1 aliphatic rings. The van der Waals surface area contributed by atoms with Crippen LogP contribution in [-0.4, -0.2) is 28.1 Å². The molecule has 0 atom stereocenters. The zero-order valence-electron chi connectivity index (χ0n) is 9.63. The Morgan fingerprint density at radius 3 is 2.88 bits per heavy atom. The monoisotopic (exact) mass is 233 g/mol. The van der Waals surface area contributed by atoms with Crippen molar-refractivity contribution in [2.75, 3.05) is 12.8 Å². The van der Waals surface area contributed by atoms with E-state index in [4.69, 9.17) is 10.5 Å². The van der Waals surface area contributed by atoms with Crippen LogP contribution in [0.25, 0.3) is 10.9 Å². The fourth-order valence-electron chi connectivity index (χ4n) is 2.23. The molecule has 1 fully saturated rings. The molecule has 5 heteroatoms. The third-order valence-electron chi connectivity index (χ3n) is 3.34. The molecule has 1 saturated carbocycles. The van der Waals surface area contributed by atoms with Gasteiger partial charge in [0.25, 0.3) is 0 Å². The van der Waals surface area contributed by atoms with E-state index in [0.717, 1.165) is 23.7 Å². The van der Waals surface area contributed by atoms with Crippen molar-refractivity contribution in [2.45, 2.75) is 25.0 Å². The molecule has 0 bridgehead atoms. The summed E-state index contributed by atoms with van der Waals surface area (Å²) in [5.74, 6) is 0.649. The van der Waals surface area contributed by atoms with E-state index in [1.54, 1.807) is 7.11 Å². The molecule has 5 nitrogen and oxygen atoms in total. The highest BCUT2D eigenvalue weighted by Crippen LogP contribution is 2.34. The number of methoxy groups -OCH3 is 1. The summed E-state index contributed by atoms with van der Waals surface area (Å²) in [7, 11) is 1.59. The number of nitrogen functional groups attached to an aromatic ring is 1. The molecule has 0 aliphatic heterocycles. The summed E-state index contributed by atoms with van der Waals surface area (Å²) in [6, 6.07) is 4.02. The molecule has 1 aromatic carbocycles. The third-order valence-corrected chi connectivity index (χ3v) is 3.34. The number of aromatic nitrogens is 2. The van der Waals surface area contributed by atoms with E-state index in [9.17, 15) is 5.11 Å². The molecular formula is C12H15N3O2. The highest BCUT2D eigenvalue weighted by atomic mass is 16.5. The molecular weight excluding hydrogens is 218 g/mol. The minimum atomic E-state index is -0.174. The average Bonchev–Trinajstić information content (AvgIpc) is 2.65. The predicted octanol–water partition coefficient (Wildman–Crippen LogP) is 1.32. The van der Waals surface area contributed by atoms with Gasteiger partial charge in [-0.2, -0.15) is 5.10 Å². The molecule has 0 radical (unpaired) electrons. The van der Waals surface area contributed by atoms with E-state index in [-0.39, 0.29) is 6.10 Å². The number of hydrogen-bond donors (Lipinski definition) is 2. The van der Waals surface area contributed by atoms with Crippen LogP contribution >= 0.6 is 0 Å². The van der Waals surface area contributed by atoms with Gasteiger partial charge in [-0.1, -0.05) is 0 Å². The number of aliphatic hydroxyl groups is 1. The third kappa shape index (κ3) is 1.63. The van der Waals surface area contributed by atoms with Gasteiger partial charge < -0.3 is 15.6 Å². The van der Waals surface area contributed by atoms with E-state index in [0.29, 0.717) is 17.5 Å². The topological polar surface area (TPSA) is 73.3 Å². The van der Waals surface area contributed by atoms with E-state index >= 15 is 0 Å². The average molecular weight is 233 g/mol. The molecule has 0 spiro atoms. The van der Waals surface area contributed by atoms with Crippen LogP contribution < -0.4 is 10.5 Å². The van der Waals surface area contributed by atoms with Gasteiger partial charge >= 0.3 is 0 Å². The predicted molar refractivity (Wildman–Crippen MR) is 65.0 cm³/mol. The Kier molecular flexibility index (Phi) is 2.22. The molecule has 3 rings (SSSR count). The van der Waals surface area contributed by atoms with Gasteiger partial charge in [-0.15, -0.1) is 0 Å². The van der Waals surface area contributed by atoms with Crippen LogP contribution in [0.3, 0.4) is 0 Å². The number of nitrogens with zero attached hydrogens (tertiary/aromatic N) is 2. The first-order valence-electron chi connectivity index (χ1n) is 5.68. The number of hydrogen-bond acceptors (Lipinski definition) is 4. The van der Waals surface area contributed by atoms with Crippen molar-refractivity contribution >= 4 is 16.6 Å². The maximum absolute atomic E-state index is 9.30. The molecule has 1 aliphatic carbocycles. The Hall–Kier alpha value is -1.75. The van der Waals surface area contributed by atoms with Crippen molar-refractivity contribution in [1.82, 2.24) is 9.78 Å². The van der Waals surface area contributed by atoms with Gasteiger partial charge in [0, 0.05) is 17.6 Å². The van der Waals surface area contributed by atoms with Crippen LogP contribution in [0.1, 0.15) is 18.9 Å². The normalized spacial score (nSPS) is 23.6. The van der Waals surface area contributed by atoms with Crippen LogP contribution in [0.4, 0.5) is 5.69 Å². The van der Waals surface area contributed by atoms with Gasteiger partial charge in [0.2, 0.25) is 0 Å². The van der Waals surface area contributed by atoms with Crippen molar-refractivity contribution in [2.24, 2.45) is 0 Å². The fraction of sp³-hybridized carbons (Fsp3) is 0.417. The number of aliphatic hydroxyl groups excluding tert-OH is 1. The van der Waals surface area contributed by atoms with E-state index in [1.165, 1.54) is 0 Å². The Labute approximate surface area is 98.8 Å². The molecule has 3 N–H and O–H groups in total. The number of anilines is 1. The van der Waals surface area contributed by atoms with Gasteiger partial charge in [0.05, 0.1) is 30.5 Å². The van der Waals surface area contributed by atoms with Gasteiger partial charge in [0.15, 0.2) is 0 Å². The summed E-state index contributed by atoms with van der Waals surface area (Å²) in [4.78, 5) is 0. The second-order valence-corrected chi connectivity index (χ2v) is 4.54. The van der Waals surface area contributed by atoms with Crippen molar-refractivity contribution in [3.05, 3.63) is 18.3 Å². The summed E-state index contributed by atoms with van der Waals surface area (Å²) in [6.07, 6.45) is 3.36. The highest BCUT2D eigenvalue weighted by molar-refractivity contribution is 5.84. The lowest BCUT2D eigenvalue weighted by atomic mass is 9.90. The molecule has 90 valence electrons. The highest BCUT2D eigenvalue weighted by Gasteiger charge is 2.29. The summed E-state index contributed by atoms with van der Waals surface area (Å²) in [5, 5.41) is 14.8. The van der Waals surface area contributed by atoms with Crippen molar-refractivity contribution in [1.29, 1.82) is 0 Å². The first-order chi connectivity index (χ1) is 8.17. The van der Waals surface area contributed by atoms with Gasteiger partial charge in [-0.05, 0) is 18.9 Å². The zero-order valence-corrected chi connectivity index (χ0v) is 9.63. The molecule has 17 heavy (non-hydrogen) atoms. The standard InChI is InChI=1S/C12H15N3O2/c1-17-12-5-11-7(2-10(12)13)6-15(14-11)8-3-9(16)4-8/h2,5-6,8-9,16H,3-4,13H2,1H3. The first kappa shape index (κ1) is 10.4. The van der Waals surface area contributed by atoms with E-state index in [1.807, 2.05) is 23.0 Å². The van der Waals surface area contributed by atoms with Gasteiger partial charge in [-0.3, -0.25) is 4.68 Å². The zero-order chi connectivity index (χ0) is 12.0. The smallest absolute Gasteiger partial charge is 0.144 e. The van der Waals surface area contributed by atoms with E-state index < -0.39 is 0 Å². The Morgan fingerprint density at radius 2 is 2.24 bits per heavy atom. The Morgan fingerprint density at radius 1 is 1.47 bits per heavy atom. The number of benzene rings is 1. The SMILES string of the molecule is COc1cc2nn(C3CC(O)C3)cc2cc1N. The quantitative estimate of drug-likeness (QED) is 0.767.